The molecule has 1 heterocycles. The Balaban J connectivity index is 2.17. The molecule has 0 aromatic heterocycles. The second kappa shape index (κ2) is 4.99. The predicted molar refractivity (Wildman–Crippen MR) is 61.1 cm³/mol. The van der Waals surface area contributed by atoms with Gasteiger partial charge >= 0.3 is 0 Å². The van der Waals surface area contributed by atoms with Gasteiger partial charge in [-0.2, -0.15) is 0 Å². The lowest BCUT2D eigenvalue weighted by Crippen LogP contribution is -2.36. The first-order valence-corrected chi connectivity index (χ1v) is 5.55. The van der Waals surface area contributed by atoms with Gasteiger partial charge in [-0.25, -0.2) is 0 Å². The third kappa shape index (κ3) is 2.52. The number of para-hydroxylation sites is 1. The molecule has 1 amide bonds. The summed E-state index contributed by atoms with van der Waals surface area (Å²) in [6.07, 6.45) is 1.29. The smallest absolute Gasteiger partial charge is 0.221 e. The van der Waals surface area contributed by atoms with Crippen LogP contribution in [0.15, 0.2) is 24.3 Å². The van der Waals surface area contributed by atoms with Crippen LogP contribution in [-0.4, -0.2) is 24.1 Å². The Morgan fingerprint density at radius 3 is 2.88 bits per heavy atom. The van der Waals surface area contributed by atoms with Crippen LogP contribution in [0.3, 0.4) is 0 Å². The van der Waals surface area contributed by atoms with Crippen molar-refractivity contribution in [1.29, 1.82) is 0 Å². The van der Waals surface area contributed by atoms with E-state index in [1.165, 1.54) is 0 Å². The number of aromatic hydroxyl groups is 1. The third-order valence-electron chi connectivity index (χ3n) is 2.77. The normalized spacial score (nSPS) is 22.0. The average Bonchev–Trinajstić information content (AvgIpc) is 2.24. The maximum Gasteiger partial charge on any atom is 0.221 e. The van der Waals surface area contributed by atoms with E-state index in [2.05, 4.69) is 10.6 Å². The lowest BCUT2D eigenvalue weighted by atomic mass is 10.0. The fourth-order valence-corrected chi connectivity index (χ4v) is 1.92. The van der Waals surface area contributed by atoms with Crippen molar-refractivity contribution in [3.63, 3.8) is 0 Å². The number of hydrogen-bond acceptors (Lipinski definition) is 3. The Kier molecular flexibility index (Phi) is 3.41. The molecule has 1 aliphatic rings. The van der Waals surface area contributed by atoms with Crippen LogP contribution in [0.25, 0.3) is 0 Å². The lowest BCUT2D eigenvalue weighted by Gasteiger charge is -2.22. The maximum absolute atomic E-state index is 11.5. The number of phenols is 1. The molecule has 1 saturated heterocycles. The van der Waals surface area contributed by atoms with Crippen molar-refractivity contribution in [3.8, 4) is 5.75 Å². The summed E-state index contributed by atoms with van der Waals surface area (Å²) >= 11 is 0. The van der Waals surface area contributed by atoms with Gasteiger partial charge in [-0.3, -0.25) is 4.79 Å². The van der Waals surface area contributed by atoms with E-state index < -0.39 is 0 Å². The van der Waals surface area contributed by atoms with Gasteiger partial charge in [0, 0.05) is 24.6 Å². The maximum atomic E-state index is 11.5. The Morgan fingerprint density at radius 2 is 2.06 bits per heavy atom. The van der Waals surface area contributed by atoms with E-state index in [1.54, 1.807) is 12.1 Å². The van der Waals surface area contributed by atoms with Gasteiger partial charge in [-0.1, -0.05) is 18.2 Å². The number of carbonyl (C=O) groups excluding carboxylic acids is 1. The zero-order valence-electron chi connectivity index (χ0n) is 9.07. The number of benzene rings is 1. The molecule has 0 bridgehead atoms. The number of rotatable bonds is 1. The Hall–Kier alpha value is -1.55. The van der Waals surface area contributed by atoms with Gasteiger partial charge in [0.2, 0.25) is 5.91 Å². The van der Waals surface area contributed by atoms with E-state index >= 15 is 0 Å². The third-order valence-corrected chi connectivity index (χ3v) is 2.77. The molecule has 3 N–H and O–H groups in total. The summed E-state index contributed by atoms with van der Waals surface area (Å²) in [5.41, 5.74) is 0.791. The van der Waals surface area contributed by atoms with Gasteiger partial charge in [0.25, 0.3) is 0 Å². The Labute approximate surface area is 94.7 Å². The van der Waals surface area contributed by atoms with Gasteiger partial charge in [0.1, 0.15) is 5.75 Å². The largest absolute Gasteiger partial charge is 0.508 e. The highest BCUT2D eigenvalue weighted by molar-refractivity contribution is 5.77. The van der Waals surface area contributed by atoms with Gasteiger partial charge in [-0.15, -0.1) is 0 Å². The van der Waals surface area contributed by atoms with Crippen LogP contribution in [0.2, 0.25) is 0 Å². The molecule has 4 nitrogen and oxygen atoms in total. The van der Waals surface area contributed by atoms with Crippen LogP contribution < -0.4 is 10.6 Å². The molecule has 16 heavy (non-hydrogen) atoms. The summed E-state index contributed by atoms with van der Waals surface area (Å²) < 4.78 is 0. The standard InChI is InChI=1S/C12H16N2O2/c15-11-5-2-1-4-9(11)10-8-12(16)14-7-3-6-13-10/h1-2,4-5,10,13,15H,3,6-8H2,(H,14,16). The van der Waals surface area contributed by atoms with Crippen LogP contribution in [0, 0.1) is 0 Å². The van der Waals surface area contributed by atoms with Crippen molar-refractivity contribution in [2.24, 2.45) is 0 Å². The highest BCUT2D eigenvalue weighted by atomic mass is 16.3. The molecule has 1 unspecified atom stereocenters. The second-order valence-corrected chi connectivity index (χ2v) is 3.97. The predicted octanol–water partition coefficient (Wildman–Crippen LogP) is 0.933. The summed E-state index contributed by atoms with van der Waals surface area (Å²) in [7, 11) is 0. The fourth-order valence-electron chi connectivity index (χ4n) is 1.92. The topological polar surface area (TPSA) is 61.4 Å². The minimum atomic E-state index is -0.0958. The Morgan fingerprint density at radius 1 is 1.25 bits per heavy atom. The fraction of sp³-hybridized carbons (Fsp3) is 0.417. The molecule has 1 aromatic rings. The van der Waals surface area contributed by atoms with Crippen molar-refractivity contribution in [1.82, 2.24) is 10.6 Å². The van der Waals surface area contributed by atoms with Crippen molar-refractivity contribution >= 4 is 5.91 Å². The summed E-state index contributed by atoms with van der Waals surface area (Å²) in [6, 6.07) is 7.05. The van der Waals surface area contributed by atoms with Crippen LogP contribution in [0.4, 0.5) is 0 Å². The van der Waals surface area contributed by atoms with E-state index in [0.29, 0.717) is 6.42 Å². The van der Waals surface area contributed by atoms with Crippen molar-refractivity contribution < 1.29 is 9.90 Å². The highest BCUT2D eigenvalue weighted by Crippen LogP contribution is 2.26. The molecule has 2 rings (SSSR count). The number of nitrogens with one attached hydrogen (secondary N) is 2. The first kappa shape index (κ1) is 11.0. The molecule has 1 atom stereocenters. The van der Waals surface area contributed by atoms with E-state index in [4.69, 9.17) is 0 Å². The molecule has 1 aromatic carbocycles. The zero-order valence-corrected chi connectivity index (χ0v) is 9.07. The molecule has 0 aliphatic carbocycles. The molecule has 1 aliphatic heterocycles. The summed E-state index contributed by atoms with van der Waals surface area (Å²) in [6.45, 7) is 1.57. The summed E-state index contributed by atoms with van der Waals surface area (Å²) in [5.74, 6) is 0.272. The van der Waals surface area contributed by atoms with Crippen molar-refractivity contribution in [3.05, 3.63) is 29.8 Å². The van der Waals surface area contributed by atoms with Crippen LogP contribution in [-0.2, 0) is 4.79 Å². The molecule has 0 saturated carbocycles. The molecule has 4 heteroatoms. The number of hydrogen-bond donors (Lipinski definition) is 3. The quantitative estimate of drug-likeness (QED) is 0.660. The summed E-state index contributed by atoms with van der Waals surface area (Å²) in [4.78, 5) is 11.5. The van der Waals surface area contributed by atoms with Gasteiger partial charge in [-0.05, 0) is 19.0 Å². The SMILES string of the molecule is O=C1CC(c2ccccc2O)NCCCN1. The van der Waals surface area contributed by atoms with E-state index in [-0.39, 0.29) is 17.7 Å². The van der Waals surface area contributed by atoms with Gasteiger partial charge in [0.05, 0.1) is 0 Å². The minimum Gasteiger partial charge on any atom is -0.508 e. The highest BCUT2D eigenvalue weighted by Gasteiger charge is 2.19. The van der Waals surface area contributed by atoms with Gasteiger partial charge < -0.3 is 15.7 Å². The molecule has 1 fully saturated rings. The molecule has 0 spiro atoms. The number of carbonyl (C=O) groups is 1. The molecular weight excluding hydrogens is 204 g/mol. The summed E-state index contributed by atoms with van der Waals surface area (Å²) in [5, 5.41) is 15.9. The van der Waals surface area contributed by atoms with Gasteiger partial charge in [0.15, 0.2) is 0 Å². The van der Waals surface area contributed by atoms with Crippen molar-refractivity contribution in [2.45, 2.75) is 18.9 Å². The monoisotopic (exact) mass is 220 g/mol. The van der Waals surface area contributed by atoms with Crippen LogP contribution in [0.1, 0.15) is 24.4 Å². The molecule has 86 valence electrons. The van der Waals surface area contributed by atoms with Crippen LogP contribution in [0.5, 0.6) is 5.75 Å². The first-order chi connectivity index (χ1) is 7.77. The van der Waals surface area contributed by atoms with E-state index in [9.17, 15) is 9.90 Å². The minimum absolute atomic E-state index is 0.0282. The number of amides is 1. The van der Waals surface area contributed by atoms with E-state index in [1.807, 2.05) is 12.1 Å². The molecular formula is C12H16N2O2. The first-order valence-electron chi connectivity index (χ1n) is 5.55. The Bertz CT molecular complexity index is 379. The second-order valence-electron chi connectivity index (χ2n) is 3.97. The lowest BCUT2D eigenvalue weighted by molar-refractivity contribution is -0.121. The molecule has 0 radical (unpaired) electrons. The zero-order chi connectivity index (χ0) is 11.4. The van der Waals surface area contributed by atoms with Crippen molar-refractivity contribution in [2.75, 3.05) is 13.1 Å². The van der Waals surface area contributed by atoms with Crippen LogP contribution >= 0.6 is 0 Å². The van der Waals surface area contributed by atoms with E-state index in [0.717, 1.165) is 25.1 Å². The average molecular weight is 220 g/mol. The number of phenolic OH excluding ortho intramolecular Hbond substituents is 1.